The van der Waals surface area contributed by atoms with Crippen molar-refractivity contribution < 1.29 is 9.84 Å². The fourth-order valence-corrected chi connectivity index (χ4v) is 2.53. The monoisotopic (exact) mass is 234 g/mol. The Morgan fingerprint density at radius 2 is 2.18 bits per heavy atom. The minimum Gasteiger partial charge on any atom is -0.490 e. The summed E-state index contributed by atoms with van der Waals surface area (Å²) in [4.78, 5) is 0. The standard InChI is InChI=1S/C15H22O2/c1-11-5-3-7-14(9-11)17-15-8-4-6-13(10-15)12(2)16/h4,6,8,10-12,14,16H,3,5,7,9H2,1-2H3. The van der Waals surface area contributed by atoms with E-state index in [-0.39, 0.29) is 0 Å². The van der Waals surface area contributed by atoms with Crippen molar-refractivity contribution in [3.63, 3.8) is 0 Å². The Hall–Kier alpha value is -1.02. The number of rotatable bonds is 3. The van der Waals surface area contributed by atoms with Crippen molar-refractivity contribution in [1.82, 2.24) is 0 Å². The summed E-state index contributed by atoms with van der Waals surface area (Å²) in [6.45, 7) is 4.07. The van der Waals surface area contributed by atoms with Crippen LogP contribution in [0.4, 0.5) is 0 Å². The molecule has 94 valence electrons. The van der Waals surface area contributed by atoms with E-state index in [1.54, 1.807) is 6.92 Å². The van der Waals surface area contributed by atoms with E-state index in [0.29, 0.717) is 6.10 Å². The van der Waals surface area contributed by atoms with Crippen molar-refractivity contribution in [1.29, 1.82) is 0 Å². The molecule has 0 amide bonds. The van der Waals surface area contributed by atoms with E-state index in [0.717, 1.165) is 30.1 Å². The summed E-state index contributed by atoms with van der Waals surface area (Å²) < 4.78 is 6.01. The smallest absolute Gasteiger partial charge is 0.120 e. The SMILES string of the molecule is CC1CCCC(Oc2cccc(C(C)O)c2)C1. The van der Waals surface area contributed by atoms with Gasteiger partial charge in [-0.1, -0.05) is 25.5 Å². The summed E-state index contributed by atoms with van der Waals surface area (Å²) in [5.41, 5.74) is 0.923. The van der Waals surface area contributed by atoms with Crippen LogP contribution in [0.15, 0.2) is 24.3 Å². The first kappa shape index (κ1) is 12.4. The lowest BCUT2D eigenvalue weighted by Gasteiger charge is -2.27. The van der Waals surface area contributed by atoms with Gasteiger partial charge in [0, 0.05) is 0 Å². The highest BCUT2D eigenvalue weighted by Crippen LogP contribution is 2.28. The lowest BCUT2D eigenvalue weighted by Crippen LogP contribution is -2.24. The van der Waals surface area contributed by atoms with Crippen molar-refractivity contribution in [3.8, 4) is 5.75 Å². The van der Waals surface area contributed by atoms with Gasteiger partial charge >= 0.3 is 0 Å². The number of benzene rings is 1. The van der Waals surface area contributed by atoms with E-state index in [1.165, 1.54) is 12.8 Å². The van der Waals surface area contributed by atoms with Crippen LogP contribution in [0.1, 0.15) is 51.2 Å². The second-order valence-corrected chi connectivity index (χ2v) is 5.26. The molecule has 1 aromatic rings. The molecule has 1 fully saturated rings. The molecule has 0 heterocycles. The van der Waals surface area contributed by atoms with Gasteiger partial charge in [-0.25, -0.2) is 0 Å². The number of aliphatic hydroxyl groups is 1. The maximum absolute atomic E-state index is 9.54. The lowest BCUT2D eigenvalue weighted by atomic mass is 9.89. The third-order valence-electron chi connectivity index (χ3n) is 3.53. The van der Waals surface area contributed by atoms with Gasteiger partial charge in [-0.15, -0.1) is 0 Å². The summed E-state index contributed by atoms with van der Waals surface area (Å²) in [5, 5.41) is 9.54. The Morgan fingerprint density at radius 3 is 2.88 bits per heavy atom. The first-order valence-electron chi connectivity index (χ1n) is 6.60. The molecule has 2 nitrogen and oxygen atoms in total. The molecule has 0 spiro atoms. The highest BCUT2D eigenvalue weighted by Gasteiger charge is 2.20. The first-order chi connectivity index (χ1) is 8.15. The molecule has 0 radical (unpaired) electrons. The molecule has 1 N–H and O–H groups in total. The van der Waals surface area contributed by atoms with Gasteiger partial charge in [-0.3, -0.25) is 0 Å². The van der Waals surface area contributed by atoms with Gasteiger partial charge in [0.15, 0.2) is 0 Å². The minimum atomic E-state index is -0.427. The van der Waals surface area contributed by atoms with Gasteiger partial charge in [0.1, 0.15) is 5.75 Å². The van der Waals surface area contributed by atoms with Crippen molar-refractivity contribution in [2.45, 2.75) is 51.7 Å². The topological polar surface area (TPSA) is 29.5 Å². The Kier molecular flexibility index (Phi) is 4.06. The largest absolute Gasteiger partial charge is 0.490 e. The molecule has 3 atom stereocenters. The summed E-state index contributed by atoms with van der Waals surface area (Å²) in [7, 11) is 0. The number of ether oxygens (including phenoxy) is 1. The summed E-state index contributed by atoms with van der Waals surface area (Å²) in [5.74, 6) is 1.66. The molecule has 1 aliphatic rings. The van der Waals surface area contributed by atoms with Crippen LogP contribution >= 0.6 is 0 Å². The Labute approximate surface area is 104 Å². The van der Waals surface area contributed by atoms with Crippen LogP contribution < -0.4 is 4.74 Å². The molecular weight excluding hydrogens is 212 g/mol. The average molecular weight is 234 g/mol. The maximum Gasteiger partial charge on any atom is 0.120 e. The summed E-state index contributed by atoms with van der Waals surface area (Å²) >= 11 is 0. The van der Waals surface area contributed by atoms with Gasteiger partial charge < -0.3 is 9.84 Å². The van der Waals surface area contributed by atoms with Crippen molar-refractivity contribution >= 4 is 0 Å². The minimum absolute atomic E-state index is 0.350. The van der Waals surface area contributed by atoms with E-state index in [2.05, 4.69) is 6.92 Å². The third-order valence-corrected chi connectivity index (χ3v) is 3.53. The predicted molar refractivity (Wildman–Crippen MR) is 69.1 cm³/mol. The molecule has 0 bridgehead atoms. The molecule has 0 aromatic heterocycles. The zero-order valence-corrected chi connectivity index (χ0v) is 10.7. The Morgan fingerprint density at radius 1 is 1.35 bits per heavy atom. The molecule has 1 saturated carbocycles. The van der Waals surface area contributed by atoms with E-state index in [9.17, 15) is 5.11 Å². The fourth-order valence-electron chi connectivity index (χ4n) is 2.53. The van der Waals surface area contributed by atoms with Crippen LogP contribution in [-0.4, -0.2) is 11.2 Å². The van der Waals surface area contributed by atoms with E-state index in [1.807, 2.05) is 24.3 Å². The molecule has 0 saturated heterocycles. The lowest BCUT2D eigenvalue weighted by molar-refractivity contribution is 0.128. The van der Waals surface area contributed by atoms with Gasteiger partial charge in [0.05, 0.1) is 12.2 Å². The predicted octanol–water partition coefficient (Wildman–Crippen LogP) is 3.70. The zero-order chi connectivity index (χ0) is 12.3. The molecule has 0 aliphatic heterocycles. The Balaban J connectivity index is 2.00. The quantitative estimate of drug-likeness (QED) is 0.864. The van der Waals surface area contributed by atoms with E-state index in [4.69, 9.17) is 4.74 Å². The Bertz CT molecular complexity index is 360. The van der Waals surface area contributed by atoms with Gasteiger partial charge in [-0.05, 0) is 49.8 Å². The van der Waals surface area contributed by atoms with Crippen molar-refractivity contribution in [3.05, 3.63) is 29.8 Å². The van der Waals surface area contributed by atoms with Crippen molar-refractivity contribution in [2.24, 2.45) is 5.92 Å². The van der Waals surface area contributed by atoms with Crippen LogP contribution in [0.3, 0.4) is 0 Å². The maximum atomic E-state index is 9.54. The first-order valence-corrected chi connectivity index (χ1v) is 6.60. The van der Waals surface area contributed by atoms with Gasteiger partial charge in [0.25, 0.3) is 0 Å². The average Bonchev–Trinajstić information content (AvgIpc) is 2.29. The van der Waals surface area contributed by atoms with Gasteiger partial charge in [0.2, 0.25) is 0 Å². The molecule has 3 unspecified atom stereocenters. The second-order valence-electron chi connectivity index (χ2n) is 5.26. The van der Waals surface area contributed by atoms with Crippen LogP contribution in [0.25, 0.3) is 0 Å². The highest BCUT2D eigenvalue weighted by atomic mass is 16.5. The number of hydrogen-bond donors (Lipinski definition) is 1. The number of hydrogen-bond acceptors (Lipinski definition) is 2. The normalized spacial score (nSPS) is 26.5. The molecule has 2 rings (SSSR count). The molecule has 1 aromatic carbocycles. The van der Waals surface area contributed by atoms with Crippen LogP contribution in [-0.2, 0) is 0 Å². The van der Waals surface area contributed by atoms with Crippen LogP contribution in [0.5, 0.6) is 5.75 Å². The van der Waals surface area contributed by atoms with E-state index < -0.39 is 6.10 Å². The van der Waals surface area contributed by atoms with E-state index >= 15 is 0 Å². The van der Waals surface area contributed by atoms with Crippen LogP contribution in [0.2, 0.25) is 0 Å². The molecule has 2 heteroatoms. The molecule has 1 aliphatic carbocycles. The van der Waals surface area contributed by atoms with Crippen molar-refractivity contribution in [2.75, 3.05) is 0 Å². The number of aliphatic hydroxyl groups excluding tert-OH is 1. The van der Waals surface area contributed by atoms with Crippen LogP contribution in [0, 0.1) is 5.92 Å². The zero-order valence-electron chi connectivity index (χ0n) is 10.7. The summed E-state index contributed by atoms with van der Waals surface area (Å²) in [6.07, 6.45) is 4.82. The fraction of sp³-hybridized carbons (Fsp3) is 0.600. The highest BCUT2D eigenvalue weighted by molar-refractivity contribution is 5.29. The molecule has 17 heavy (non-hydrogen) atoms. The van der Waals surface area contributed by atoms with Gasteiger partial charge in [-0.2, -0.15) is 0 Å². The second kappa shape index (κ2) is 5.54. The summed E-state index contributed by atoms with van der Waals surface area (Å²) in [6, 6.07) is 7.81. The third kappa shape index (κ3) is 3.47. The molecular formula is C15H22O2.